The molecular weight excluding hydrogens is 220 g/mol. The lowest BCUT2D eigenvalue weighted by Gasteiger charge is -2.34. The van der Waals surface area contributed by atoms with Crippen LogP contribution >= 0.6 is 0 Å². The summed E-state index contributed by atoms with van der Waals surface area (Å²) in [5.74, 6) is 0.885. The van der Waals surface area contributed by atoms with Crippen LogP contribution in [0.1, 0.15) is 29.8 Å². The van der Waals surface area contributed by atoms with E-state index < -0.39 is 0 Å². The van der Waals surface area contributed by atoms with Gasteiger partial charge in [0, 0.05) is 19.7 Å². The van der Waals surface area contributed by atoms with E-state index in [2.05, 4.69) is 5.32 Å². The van der Waals surface area contributed by atoms with Gasteiger partial charge in [-0.1, -0.05) is 0 Å². The quantitative estimate of drug-likeness (QED) is 0.801. The van der Waals surface area contributed by atoms with Gasteiger partial charge in [-0.15, -0.1) is 0 Å². The summed E-state index contributed by atoms with van der Waals surface area (Å²) in [6.45, 7) is 0.782. The van der Waals surface area contributed by atoms with Crippen LogP contribution in [-0.2, 0) is 4.79 Å². The minimum Gasteiger partial charge on any atom is -0.438 e. The maximum absolute atomic E-state index is 11.8. The fourth-order valence-electron chi connectivity index (χ4n) is 2.19. The zero-order chi connectivity index (χ0) is 12.3. The fraction of sp³-hybridized carbons (Fsp3) is 0.500. The molecule has 2 rings (SSSR count). The molecule has 92 valence electrons. The number of amides is 1. The molecule has 1 saturated heterocycles. The van der Waals surface area contributed by atoms with E-state index in [0.717, 1.165) is 25.8 Å². The number of carbonyl (C=O) groups excluding carboxylic acids is 2. The van der Waals surface area contributed by atoms with E-state index in [9.17, 15) is 9.59 Å². The minimum absolute atomic E-state index is 0.00578. The lowest BCUT2D eigenvalue weighted by molar-refractivity contribution is -0.122. The van der Waals surface area contributed by atoms with Crippen LogP contribution in [0, 0.1) is 0 Å². The van der Waals surface area contributed by atoms with E-state index in [4.69, 9.17) is 4.42 Å². The molecule has 5 nitrogen and oxygen atoms in total. The van der Waals surface area contributed by atoms with Crippen molar-refractivity contribution in [2.45, 2.75) is 25.3 Å². The first-order valence-corrected chi connectivity index (χ1v) is 5.79. The standard InChI is InChI=1S/C12H16N2O3/c1-13-12(16)10-4-2-3-7-14(10)11-6-5-9(8-15)17-11/h5-6,8,10H,2-4,7H2,1H3,(H,13,16). The first-order chi connectivity index (χ1) is 8.26. The maximum Gasteiger partial charge on any atom is 0.242 e. The highest BCUT2D eigenvalue weighted by Gasteiger charge is 2.29. The molecule has 1 unspecified atom stereocenters. The second-order valence-corrected chi connectivity index (χ2v) is 4.11. The number of furan rings is 1. The topological polar surface area (TPSA) is 62.6 Å². The van der Waals surface area contributed by atoms with Crippen LogP contribution in [-0.4, -0.2) is 31.8 Å². The lowest BCUT2D eigenvalue weighted by atomic mass is 10.0. The second-order valence-electron chi connectivity index (χ2n) is 4.11. The van der Waals surface area contributed by atoms with Gasteiger partial charge in [-0.2, -0.15) is 0 Å². The van der Waals surface area contributed by atoms with Gasteiger partial charge in [-0.05, 0) is 25.3 Å². The molecule has 1 amide bonds. The number of nitrogens with one attached hydrogen (secondary N) is 1. The highest BCUT2D eigenvalue weighted by Crippen LogP contribution is 2.26. The molecule has 0 radical (unpaired) electrons. The lowest BCUT2D eigenvalue weighted by Crippen LogP contribution is -2.48. The van der Waals surface area contributed by atoms with Crippen molar-refractivity contribution in [1.29, 1.82) is 0 Å². The molecule has 1 aliphatic rings. The van der Waals surface area contributed by atoms with Crippen LogP contribution in [0.15, 0.2) is 16.5 Å². The number of nitrogens with zero attached hydrogens (tertiary/aromatic N) is 1. The average molecular weight is 236 g/mol. The Kier molecular flexibility index (Phi) is 3.46. The Hall–Kier alpha value is -1.78. The number of likely N-dealkylation sites (N-methyl/N-ethyl adjacent to an activating group) is 1. The van der Waals surface area contributed by atoms with Gasteiger partial charge in [0.25, 0.3) is 0 Å². The predicted molar refractivity (Wildman–Crippen MR) is 63.1 cm³/mol. The van der Waals surface area contributed by atoms with E-state index >= 15 is 0 Å². The van der Waals surface area contributed by atoms with Gasteiger partial charge >= 0.3 is 0 Å². The number of hydrogen-bond acceptors (Lipinski definition) is 4. The van der Waals surface area contributed by atoms with Crippen molar-refractivity contribution < 1.29 is 14.0 Å². The molecule has 1 aromatic rings. The van der Waals surface area contributed by atoms with E-state index in [1.54, 1.807) is 19.2 Å². The molecule has 5 heteroatoms. The van der Waals surface area contributed by atoms with E-state index in [-0.39, 0.29) is 11.9 Å². The smallest absolute Gasteiger partial charge is 0.242 e. The number of carbonyl (C=O) groups is 2. The maximum atomic E-state index is 11.8. The van der Waals surface area contributed by atoms with Crippen LogP contribution in [0.5, 0.6) is 0 Å². The van der Waals surface area contributed by atoms with Crippen molar-refractivity contribution in [3.63, 3.8) is 0 Å². The predicted octanol–water partition coefficient (Wildman–Crippen LogP) is 1.20. The number of anilines is 1. The monoisotopic (exact) mass is 236 g/mol. The molecule has 0 aliphatic carbocycles. The van der Waals surface area contributed by atoms with Crippen LogP contribution in [0.4, 0.5) is 5.88 Å². The Labute approximate surface area is 99.8 Å². The third-order valence-electron chi connectivity index (χ3n) is 3.06. The van der Waals surface area contributed by atoms with E-state index in [0.29, 0.717) is 17.9 Å². The number of piperidine rings is 1. The SMILES string of the molecule is CNC(=O)C1CCCCN1c1ccc(C=O)o1. The molecule has 17 heavy (non-hydrogen) atoms. The van der Waals surface area contributed by atoms with Gasteiger partial charge in [0.15, 0.2) is 17.9 Å². The fourth-order valence-corrected chi connectivity index (χ4v) is 2.19. The molecule has 1 N–H and O–H groups in total. The minimum atomic E-state index is -0.195. The molecule has 1 atom stereocenters. The highest BCUT2D eigenvalue weighted by molar-refractivity contribution is 5.85. The molecular formula is C12H16N2O3. The Morgan fingerprint density at radius 3 is 3.00 bits per heavy atom. The third kappa shape index (κ3) is 2.33. The van der Waals surface area contributed by atoms with Crippen molar-refractivity contribution in [2.24, 2.45) is 0 Å². The zero-order valence-electron chi connectivity index (χ0n) is 9.81. The largest absolute Gasteiger partial charge is 0.438 e. The average Bonchev–Trinajstić information content (AvgIpc) is 2.86. The van der Waals surface area contributed by atoms with Gasteiger partial charge in [-0.25, -0.2) is 0 Å². The number of hydrogen-bond donors (Lipinski definition) is 1. The van der Waals surface area contributed by atoms with Gasteiger partial charge in [0.2, 0.25) is 5.91 Å². The Morgan fingerprint density at radius 2 is 2.35 bits per heavy atom. The summed E-state index contributed by atoms with van der Waals surface area (Å²) in [7, 11) is 1.63. The zero-order valence-corrected chi connectivity index (χ0v) is 9.81. The molecule has 1 aromatic heterocycles. The summed E-state index contributed by atoms with van der Waals surface area (Å²) < 4.78 is 5.38. The van der Waals surface area contributed by atoms with Crippen molar-refractivity contribution in [2.75, 3.05) is 18.5 Å². The van der Waals surface area contributed by atoms with Crippen molar-refractivity contribution in [1.82, 2.24) is 5.32 Å². The molecule has 1 aliphatic heterocycles. The van der Waals surface area contributed by atoms with Gasteiger partial charge in [-0.3, -0.25) is 9.59 Å². The summed E-state index contributed by atoms with van der Waals surface area (Å²) in [5, 5.41) is 2.66. The van der Waals surface area contributed by atoms with Crippen LogP contribution in [0.3, 0.4) is 0 Å². The Bertz CT molecular complexity index is 414. The van der Waals surface area contributed by atoms with Gasteiger partial charge in [0.05, 0.1) is 0 Å². The summed E-state index contributed by atoms with van der Waals surface area (Å²) in [6.07, 6.45) is 3.56. The third-order valence-corrected chi connectivity index (χ3v) is 3.06. The number of rotatable bonds is 3. The number of aldehydes is 1. The summed E-state index contributed by atoms with van der Waals surface area (Å²) in [4.78, 5) is 24.3. The normalized spacial score (nSPS) is 20.1. The van der Waals surface area contributed by atoms with Crippen LogP contribution < -0.4 is 10.2 Å². The van der Waals surface area contributed by atoms with E-state index in [1.165, 1.54) is 0 Å². The molecule has 0 bridgehead atoms. The Balaban J connectivity index is 2.20. The van der Waals surface area contributed by atoms with Crippen molar-refractivity contribution in [3.8, 4) is 0 Å². The van der Waals surface area contributed by atoms with E-state index in [1.807, 2.05) is 4.90 Å². The molecule has 0 aromatic carbocycles. The molecule has 0 saturated carbocycles. The van der Waals surface area contributed by atoms with Gasteiger partial charge in [0.1, 0.15) is 6.04 Å². The van der Waals surface area contributed by atoms with Crippen LogP contribution in [0.25, 0.3) is 0 Å². The van der Waals surface area contributed by atoms with Crippen molar-refractivity contribution >= 4 is 18.1 Å². The highest BCUT2D eigenvalue weighted by atomic mass is 16.4. The Morgan fingerprint density at radius 1 is 1.53 bits per heavy atom. The summed E-state index contributed by atoms with van der Waals surface area (Å²) in [6, 6.07) is 3.17. The molecule has 0 spiro atoms. The molecule has 2 heterocycles. The van der Waals surface area contributed by atoms with Crippen molar-refractivity contribution in [3.05, 3.63) is 17.9 Å². The second kappa shape index (κ2) is 5.03. The first-order valence-electron chi connectivity index (χ1n) is 5.79. The first kappa shape index (κ1) is 11.7. The summed E-state index contributed by atoms with van der Waals surface area (Å²) >= 11 is 0. The summed E-state index contributed by atoms with van der Waals surface area (Å²) in [5.41, 5.74) is 0. The molecule has 1 fully saturated rings. The van der Waals surface area contributed by atoms with Crippen LogP contribution in [0.2, 0.25) is 0 Å². The van der Waals surface area contributed by atoms with Gasteiger partial charge < -0.3 is 14.6 Å².